The number of halogens is 1. The maximum atomic E-state index is 14.0. The SMILES string of the molecule is C[C@H](CO)N1C[C@H](C)[C@@H](CN(C)C(=O)C2CCC2)Oc2ncc(C#Cc3ccccc3F)cc2C1=O. The van der Waals surface area contributed by atoms with Crippen LogP contribution in [0.25, 0.3) is 0 Å². The molecule has 1 aliphatic heterocycles. The van der Waals surface area contributed by atoms with Gasteiger partial charge >= 0.3 is 0 Å². The molecule has 2 amide bonds. The molecule has 0 saturated heterocycles. The minimum absolute atomic E-state index is 0.0762. The van der Waals surface area contributed by atoms with Crippen LogP contribution in [-0.4, -0.2) is 70.6 Å². The van der Waals surface area contributed by atoms with Crippen molar-refractivity contribution in [1.82, 2.24) is 14.8 Å². The fourth-order valence-corrected chi connectivity index (χ4v) is 4.42. The second-order valence-electron chi connectivity index (χ2n) is 9.78. The molecule has 1 N–H and O–H groups in total. The van der Waals surface area contributed by atoms with E-state index in [2.05, 4.69) is 16.8 Å². The van der Waals surface area contributed by atoms with E-state index in [9.17, 15) is 19.1 Å². The summed E-state index contributed by atoms with van der Waals surface area (Å²) in [6, 6.07) is 7.37. The lowest BCUT2D eigenvalue weighted by molar-refractivity contribution is -0.138. The highest BCUT2D eigenvalue weighted by atomic mass is 19.1. The van der Waals surface area contributed by atoms with E-state index in [0.29, 0.717) is 18.7 Å². The summed E-state index contributed by atoms with van der Waals surface area (Å²) in [5.74, 6) is 5.15. The third-order valence-electron chi connectivity index (χ3n) is 7.02. The molecule has 1 saturated carbocycles. The molecule has 190 valence electrons. The monoisotopic (exact) mass is 493 g/mol. The number of amides is 2. The van der Waals surface area contributed by atoms with Gasteiger partial charge in [0.2, 0.25) is 11.8 Å². The minimum atomic E-state index is -0.427. The summed E-state index contributed by atoms with van der Waals surface area (Å²) in [4.78, 5) is 34.0. The Balaban J connectivity index is 1.65. The predicted molar refractivity (Wildman–Crippen MR) is 133 cm³/mol. The van der Waals surface area contributed by atoms with Crippen molar-refractivity contribution in [2.24, 2.45) is 11.8 Å². The van der Waals surface area contributed by atoms with Crippen molar-refractivity contribution in [3.8, 4) is 17.7 Å². The van der Waals surface area contributed by atoms with E-state index in [1.807, 2.05) is 6.92 Å². The Hall–Kier alpha value is -3.44. The van der Waals surface area contributed by atoms with E-state index in [1.54, 1.807) is 48.0 Å². The van der Waals surface area contributed by atoms with Gasteiger partial charge in [-0.2, -0.15) is 0 Å². The first kappa shape index (κ1) is 25.6. The number of likely N-dealkylation sites (N-methyl/N-ethyl adjacent to an activating group) is 1. The largest absolute Gasteiger partial charge is 0.472 e. The summed E-state index contributed by atoms with van der Waals surface area (Å²) in [6.07, 6.45) is 4.01. The Bertz CT molecular complexity index is 1190. The zero-order valence-electron chi connectivity index (χ0n) is 20.9. The van der Waals surface area contributed by atoms with Gasteiger partial charge in [-0.15, -0.1) is 0 Å². The van der Waals surface area contributed by atoms with Crippen LogP contribution in [0.5, 0.6) is 5.88 Å². The Morgan fingerprint density at radius 3 is 2.75 bits per heavy atom. The molecule has 0 radical (unpaired) electrons. The van der Waals surface area contributed by atoms with Gasteiger partial charge in [0, 0.05) is 37.2 Å². The van der Waals surface area contributed by atoms with E-state index < -0.39 is 18.0 Å². The van der Waals surface area contributed by atoms with Gasteiger partial charge < -0.3 is 19.6 Å². The van der Waals surface area contributed by atoms with Gasteiger partial charge in [0.1, 0.15) is 17.5 Å². The highest BCUT2D eigenvalue weighted by molar-refractivity contribution is 5.97. The standard InChI is InChI=1S/C28H32FN3O4/c1-18-15-32(19(2)17-33)28(35)23-13-20(11-12-21-7-4-5-10-24(21)29)14-30-26(23)36-25(18)16-31(3)27(34)22-8-6-9-22/h4-5,7,10,13-14,18-19,22,25,33H,6,8-9,15-17H2,1-3H3/t18-,19+,25+/m0/s1. The maximum Gasteiger partial charge on any atom is 0.259 e. The van der Waals surface area contributed by atoms with Crippen molar-refractivity contribution >= 4 is 11.8 Å². The van der Waals surface area contributed by atoms with E-state index in [0.717, 1.165) is 19.3 Å². The number of ether oxygens (including phenoxy) is 1. The number of rotatable bonds is 5. The molecule has 0 bridgehead atoms. The summed E-state index contributed by atoms with van der Waals surface area (Å²) in [6.45, 7) is 4.27. The van der Waals surface area contributed by atoms with E-state index in [-0.39, 0.29) is 47.3 Å². The number of carbonyl (C=O) groups excluding carboxylic acids is 2. The number of aliphatic hydroxyl groups excluding tert-OH is 1. The smallest absolute Gasteiger partial charge is 0.259 e. The molecule has 4 rings (SSSR count). The van der Waals surface area contributed by atoms with Crippen LogP contribution in [0, 0.1) is 29.5 Å². The van der Waals surface area contributed by atoms with Gasteiger partial charge in [0.15, 0.2) is 0 Å². The summed E-state index contributed by atoms with van der Waals surface area (Å²) in [5, 5.41) is 9.82. The van der Waals surface area contributed by atoms with Crippen molar-refractivity contribution in [3.63, 3.8) is 0 Å². The topological polar surface area (TPSA) is 83.0 Å². The van der Waals surface area contributed by atoms with E-state index >= 15 is 0 Å². The van der Waals surface area contributed by atoms with Crippen LogP contribution >= 0.6 is 0 Å². The molecule has 2 heterocycles. The molecule has 1 fully saturated rings. The highest BCUT2D eigenvalue weighted by Crippen LogP contribution is 2.30. The highest BCUT2D eigenvalue weighted by Gasteiger charge is 2.36. The zero-order valence-corrected chi connectivity index (χ0v) is 20.9. The number of pyridine rings is 1. The number of nitrogens with zero attached hydrogens (tertiary/aromatic N) is 3. The maximum absolute atomic E-state index is 14.0. The number of aliphatic hydroxyl groups is 1. The molecule has 2 aliphatic rings. The summed E-state index contributed by atoms with van der Waals surface area (Å²) in [7, 11) is 1.78. The molecule has 0 unspecified atom stereocenters. The van der Waals surface area contributed by atoms with Crippen LogP contribution in [0.1, 0.15) is 54.6 Å². The van der Waals surface area contributed by atoms with Crippen molar-refractivity contribution in [2.75, 3.05) is 26.7 Å². The predicted octanol–water partition coefficient (Wildman–Crippen LogP) is 3.10. The molecule has 1 aromatic heterocycles. The molecule has 8 heteroatoms. The molecule has 7 nitrogen and oxygen atoms in total. The third kappa shape index (κ3) is 5.52. The van der Waals surface area contributed by atoms with Crippen LogP contribution < -0.4 is 4.74 Å². The normalized spacial score (nSPS) is 20.6. The van der Waals surface area contributed by atoms with Gasteiger partial charge in [-0.3, -0.25) is 9.59 Å². The third-order valence-corrected chi connectivity index (χ3v) is 7.02. The van der Waals surface area contributed by atoms with Crippen LogP contribution in [-0.2, 0) is 4.79 Å². The molecule has 1 aromatic carbocycles. The Kier molecular flexibility index (Phi) is 7.90. The molecule has 1 aliphatic carbocycles. The fourth-order valence-electron chi connectivity index (χ4n) is 4.42. The lowest BCUT2D eigenvalue weighted by Crippen LogP contribution is -2.51. The number of hydrogen-bond donors (Lipinski definition) is 1. The Morgan fingerprint density at radius 2 is 2.08 bits per heavy atom. The summed E-state index contributed by atoms with van der Waals surface area (Å²) >= 11 is 0. The number of benzene rings is 1. The van der Waals surface area contributed by atoms with Crippen molar-refractivity contribution in [1.29, 1.82) is 0 Å². The van der Waals surface area contributed by atoms with Crippen molar-refractivity contribution < 1.29 is 23.8 Å². The molecule has 3 atom stereocenters. The first-order valence-corrected chi connectivity index (χ1v) is 12.4. The van der Waals surface area contributed by atoms with Crippen molar-refractivity contribution in [3.05, 3.63) is 59.0 Å². The van der Waals surface area contributed by atoms with Crippen LogP contribution in [0.4, 0.5) is 4.39 Å². The first-order chi connectivity index (χ1) is 17.3. The van der Waals surface area contributed by atoms with Gasteiger partial charge in [-0.25, -0.2) is 9.37 Å². The molecule has 36 heavy (non-hydrogen) atoms. The van der Waals surface area contributed by atoms with Crippen LogP contribution in [0.2, 0.25) is 0 Å². The van der Waals surface area contributed by atoms with Crippen LogP contribution in [0.3, 0.4) is 0 Å². The molecular weight excluding hydrogens is 461 g/mol. The number of hydrogen-bond acceptors (Lipinski definition) is 5. The molecule has 2 aromatic rings. The summed E-state index contributed by atoms with van der Waals surface area (Å²) in [5.41, 5.74) is 0.906. The number of fused-ring (bicyclic) bond motifs is 1. The molecule has 0 spiro atoms. The lowest BCUT2D eigenvalue weighted by atomic mass is 9.84. The quantitative estimate of drug-likeness (QED) is 0.648. The zero-order chi connectivity index (χ0) is 25.8. The average Bonchev–Trinajstić information content (AvgIpc) is 2.84. The second-order valence-corrected chi connectivity index (χ2v) is 9.78. The van der Waals surface area contributed by atoms with Gasteiger partial charge in [-0.1, -0.05) is 37.3 Å². The minimum Gasteiger partial charge on any atom is -0.472 e. The average molecular weight is 494 g/mol. The number of carbonyl (C=O) groups is 2. The Morgan fingerprint density at radius 1 is 1.33 bits per heavy atom. The molecular formula is C28H32FN3O4. The summed E-state index contributed by atoms with van der Waals surface area (Å²) < 4.78 is 20.2. The van der Waals surface area contributed by atoms with E-state index in [4.69, 9.17) is 4.74 Å². The number of aromatic nitrogens is 1. The lowest BCUT2D eigenvalue weighted by Gasteiger charge is -2.38. The van der Waals surface area contributed by atoms with Crippen molar-refractivity contribution in [2.45, 2.75) is 45.3 Å². The van der Waals surface area contributed by atoms with Gasteiger partial charge in [0.25, 0.3) is 5.91 Å². The first-order valence-electron chi connectivity index (χ1n) is 12.4. The fraction of sp³-hybridized carbons (Fsp3) is 0.464. The van der Waals surface area contributed by atoms with Crippen LogP contribution in [0.15, 0.2) is 36.5 Å². The Labute approximate surface area is 211 Å². The van der Waals surface area contributed by atoms with E-state index in [1.165, 1.54) is 12.3 Å². The van der Waals surface area contributed by atoms with Gasteiger partial charge in [0.05, 0.1) is 24.8 Å². The van der Waals surface area contributed by atoms with Gasteiger partial charge in [-0.05, 0) is 38.0 Å². The second kappa shape index (κ2) is 11.1.